The Morgan fingerprint density at radius 2 is 1.36 bits per heavy atom. The molecule has 1 saturated heterocycles. The zero-order valence-electron chi connectivity index (χ0n) is 29.5. The van der Waals surface area contributed by atoms with Crippen LogP contribution in [0.25, 0.3) is 5.70 Å². The van der Waals surface area contributed by atoms with Crippen LogP contribution in [0.2, 0.25) is 0 Å². The molecule has 2 aromatic carbocycles. The number of hydrogen-bond acceptors (Lipinski definition) is 10. The van der Waals surface area contributed by atoms with Gasteiger partial charge in [0.15, 0.2) is 0 Å². The van der Waals surface area contributed by atoms with Crippen LogP contribution in [0.1, 0.15) is 74.0 Å². The van der Waals surface area contributed by atoms with Crippen LogP contribution in [0.4, 0.5) is 28.7 Å². The minimum atomic E-state index is 0.229. The molecule has 4 aromatic rings. The smallest absolute Gasteiger partial charge is 0.240 e. The minimum Gasteiger partial charge on any atom is -0.371 e. The Morgan fingerprint density at radius 1 is 0.660 bits per heavy atom. The fourth-order valence-electron chi connectivity index (χ4n) is 7.79. The molecule has 2 N–H and O–H groups in total. The molecule has 0 bridgehead atoms. The van der Waals surface area contributed by atoms with Gasteiger partial charge in [-0.25, -0.2) is 24.9 Å². The van der Waals surface area contributed by atoms with Crippen LogP contribution in [0.15, 0.2) is 123 Å². The number of aromatic nitrogens is 2. The molecule has 4 aliphatic heterocycles. The third-order valence-corrected chi connectivity index (χ3v) is 10.5. The van der Waals surface area contributed by atoms with E-state index in [0.29, 0.717) is 17.8 Å². The van der Waals surface area contributed by atoms with Crippen molar-refractivity contribution in [2.75, 3.05) is 28.6 Å². The van der Waals surface area contributed by atoms with Gasteiger partial charge in [0.2, 0.25) is 17.8 Å². The molecule has 10 nitrogen and oxygen atoms in total. The summed E-state index contributed by atoms with van der Waals surface area (Å²) in [5.41, 5.74) is 8.57. The largest absolute Gasteiger partial charge is 0.371 e. The number of pyridine rings is 2. The predicted molar refractivity (Wildman–Crippen MR) is 215 cm³/mol. The van der Waals surface area contributed by atoms with Gasteiger partial charge in [-0.05, 0) is 110 Å². The van der Waals surface area contributed by atoms with Crippen LogP contribution in [-0.2, 0) is 0 Å². The minimum absolute atomic E-state index is 0.229. The van der Waals surface area contributed by atoms with E-state index in [1.807, 2.05) is 41.3 Å². The highest BCUT2D eigenvalue weighted by Crippen LogP contribution is 2.39. The molecule has 5 aliphatic rings. The summed E-state index contributed by atoms with van der Waals surface area (Å²) in [6.07, 6.45) is 23.6. The first kappa shape index (κ1) is 32.6. The number of terminal acetylenes is 1. The normalized spacial score (nSPS) is 18.3. The van der Waals surface area contributed by atoms with Gasteiger partial charge in [-0.15, -0.1) is 6.42 Å². The molecule has 9 rings (SSSR count). The fourth-order valence-corrected chi connectivity index (χ4v) is 7.79. The molecular weight excluding hydrogens is 657 g/mol. The van der Waals surface area contributed by atoms with Crippen LogP contribution in [-0.4, -0.2) is 51.4 Å². The summed E-state index contributed by atoms with van der Waals surface area (Å²) in [5.74, 6) is 5.78. The highest BCUT2D eigenvalue weighted by Gasteiger charge is 2.34. The van der Waals surface area contributed by atoms with Crippen molar-refractivity contribution in [3.63, 3.8) is 0 Å². The third-order valence-electron chi connectivity index (χ3n) is 10.5. The van der Waals surface area contributed by atoms with Crippen molar-refractivity contribution < 1.29 is 0 Å². The van der Waals surface area contributed by atoms with E-state index in [1.54, 1.807) is 12.4 Å². The van der Waals surface area contributed by atoms with Crippen LogP contribution in [0.3, 0.4) is 0 Å². The molecule has 0 spiro atoms. The Labute approximate surface area is 309 Å². The maximum Gasteiger partial charge on any atom is 0.240 e. The molecule has 1 saturated carbocycles. The predicted octanol–water partition coefficient (Wildman–Crippen LogP) is 8.80. The van der Waals surface area contributed by atoms with Crippen LogP contribution in [0, 0.1) is 12.3 Å². The van der Waals surface area contributed by atoms with Gasteiger partial charge in [-0.3, -0.25) is 0 Å². The molecule has 262 valence electrons. The zero-order valence-corrected chi connectivity index (χ0v) is 29.5. The van der Waals surface area contributed by atoms with Gasteiger partial charge < -0.3 is 15.5 Å². The highest BCUT2D eigenvalue weighted by atomic mass is 15.4. The Hall–Kier alpha value is -6.34. The first-order valence-electron chi connectivity index (χ1n) is 18.6. The molecular formula is C43H40N10. The van der Waals surface area contributed by atoms with E-state index in [0.717, 1.165) is 64.3 Å². The second-order valence-electron chi connectivity index (χ2n) is 13.9. The summed E-state index contributed by atoms with van der Waals surface area (Å²) in [4.78, 5) is 33.0. The maximum absolute atomic E-state index is 5.90. The van der Waals surface area contributed by atoms with E-state index in [4.69, 9.17) is 16.4 Å². The molecule has 0 atom stereocenters. The number of hydrogen-bond donors (Lipinski definition) is 2. The van der Waals surface area contributed by atoms with Gasteiger partial charge in [0.1, 0.15) is 11.6 Å². The Bertz CT molecular complexity index is 2160. The molecule has 0 radical (unpaired) electrons. The summed E-state index contributed by atoms with van der Waals surface area (Å²) in [6, 6.07) is 25.0. The Morgan fingerprint density at radius 3 is 2.08 bits per heavy atom. The van der Waals surface area contributed by atoms with E-state index < -0.39 is 0 Å². The lowest BCUT2D eigenvalue weighted by Gasteiger charge is -2.33. The van der Waals surface area contributed by atoms with Gasteiger partial charge in [-0.1, -0.05) is 43.5 Å². The second-order valence-corrected chi connectivity index (χ2v) is 13.9. The van der Waals surface area contributed by atoms with E-state index in [1.165, 1.54) is 62.6 Å². The Kier molecular flexibility index (Phi) is 8.82. The lowest BCUT2D eigenvalue weighted by atomic mass is 9.83. The molecule has 1 aliphatic carbocycles. The number of aliphatic imine (C=N–C) groups is 4. The van der Waals surface area contributed by atoms with Gasteiger partial charge in [0, 0.05) is 48.0 Å². The number of anilines is 5. The fraction of sp³-hybridized carbons (Fsp3) is 0.256. The first-order chi connectivity index (χ1) is 26.2. The van der Waals surface area contributed by atoms with Crippen molar-refractivity contribution in [2.24, 2.45) is 20.0 Å². The summed E-state index contributed by atoms with van der Waals surface area (Å²) in [7, 11) is 0. The van der Waals surface area contributed by atoms with Crippen molar-refractivity contribution in [1.29, 1.82) is 0 Å². The average molecular weight is 697 g/mol. The molecule has 53 heavy (non-hydrogen) atoms. The van der Waals surface area contributed by atoms with Crippen LogP contribution in [0.5, 0.6) is 0 Å². The SMILES string of the molecule is C#CC1=NC2=NC(c3ccc(C4CCCCC4)cc3Nc3ccccn3)=CC3=CC(c4ccc(N5CCCCC5)cc4Nc4ccccn4)=NC(=N1)N32. The van der Waals surface area contributed by atoms with Crippen LogP contribution >= 0.6 is 0 Å². The number of piperidine rings is 1. The summed E-state index contributed by atoms with van der Waals surface area (Å²) < 4.78 is 0. The van der Waals surface area contributed by atoms with E-state index >= 15 is 0 Å². The monoisotopic (exact) mass is 696 g/mol. The van der Waals surface area contributed by atoms with Crippen molar-refractivity contribution >= 4 is 57.9 Å². The second kappa shape index (κ2) is 14.4. The number of nitrogens with zero attached hydrogens (tertiary/aromatic N) is 8. The van der Waals surface area contributed by atoms with E-state index in [9.17, 15) is 0 Å². The number of nitrogens with one attached hydrogen (secondary N) is 2. The number of benzene rings is 2. The number of allylic oxidation sites excluding steroid dienone is 2. The van der Waals surface area contributed by atoms with E-state index in [2.05, 4.69) is 90.0 Å². The van der Waals surface area contributed by atoms with Crippen molar-refractivity contribution in [2.45, 2.75) is 57.3 Å². The summed E-state index contributed by atoms with van der Waals surface area (Å²) in [6.45, 7) is 2.09. The quantitative estimate of drug-likeness (QED) is 0.179. The molecule has 0 unspecified atom stereocenters. The Balaban J connectivity index is 1.15. The standard InChI is InChI=1S/C43H40N10/c1-2-39-50-42-48-37(33-19-17-30(29-13-5-3-6-14-29)25-35(33)46-40-15-7-9-21-44-40)27-32-28-38(49-43(51-39)53(32)42)34-20-18-31(52-23-11-4-12-24-52)26-36(34)47-41-16-8-10-22-45-41/h1,7-10,15-22,25-29H,3-6,11-14,23-24H2,(H,44,46)(H,45,47). The van der Waals surface area contributed by atoms with Crippen molar-refractivity contribution in [3.05, 3.63) is 120 Å². The van der Waals surface area contributed by atoms with Crippen LogP contribution < -0.4 is 15.5 Å². The number of amidine groups is 1. The number of guanidine groups is 2. The number of rotatable bonds is 8. The topological polar surface area (TPSA) is 106 Å². The van der Waals surface area contributed by atoms with Gasteiger partial charge in [0.25, 0.3) is 0 Å². The maximum atomic E-state index is 5.90. The molecule has 6 heterocycles. The molecule has 2 fully saturated rings. The lowest BCUT2D eigenvalue weighted by molar-refractivity contribution is 0.444. The molecule has 10 heteroatoms. The van der Waals surface area contributed by atoms with Gasteiger partial charge in [-0.2, -0.15) is 9.98 Å². The molecule has 2 aromatic heterocycles. The van der Waals surface area contributed by atoms with E-state index in [-0.39, 0.29) is 5.84 Å². The lowest BCUT2D eigenvalue weighted by Crippen LogP contribution is -2.41. The first-order valence-corrected chi connectivity index (χ1v) is 18.6. The third kappa shape index (κ3) is 6.74. The van der Waals surface area contributed by atoms with Crippen molar-refractivity contribution in [3.8, 4) is 12.3 Å². The van der Waals surface area contributed by atoms with Gasteiger partial charge >= 0.3 is 0 Å². The zero-order chi connectivity index (χ0) is 35.6. The summed E-state index contributed by atoms with van der Waals surface area (Å²) >= 11 is 0. The van der Waals surface area contributed by atoms with Gasteiger partial charge in [0.05, 0.1) is 22.8 Å². The molecule has 0 amide bonds. The average Bonchev–Trinajstić information content (AvgIpc) is 3.22. The van der Waals surface area contributed by atoms with Crippen molar-refractivity contribution in [1.82, 2.24) is 14.9 Å². The highest BCUT2D eigenvalue weighted by molar-refractivity contribution is 6.27. The summed E-state index contributed by atoms with van der Waals surface area (Å²) in [5, 5.41) is 7.19.